The van der Waals surface area contributed by atoms with Gasteiger partial charge in [0.1, 0.15) is 5.75 Å². The van der Waals surface area contributed by atoms with Gasteiger partial charge in [0.2, 0.25) is 0 Å². The third kappa shape index (κ3) is 2.99. The molecule has 16 heavy (non-hydrogen) atoms. The molecule has 0 radical (unpaired) electrons. The summed E-state index contributed by atoms with van der Waals surface area (Å²) in [5.74, 6) is 1.08. The van der Waals surface area contributed by atoms with Crippen LogP contribution in [0.1, 0.15) is 50.2 Å². The van der Waals surface area contributed by atoms with Gasteiger partial charge in [0.15, 0.2) is 0 Å². The minimum Gasteiger partial charge on any atom is -0.508 e. The van der Waals surface area contributed by atoms with E-state index in [-0.39, 0.29) is 11.9 Å². The van der Waals surface area contributed by atoms with Gasteiger partial charge in [-0.3, -0.25) is 0 Å². The topological polar surface area (TPSA) is 40.5 Å². The van der Waals surface area contributed by atoms with Crippen molar-refractivity contribution in [3.8, 4) is 5.75 Å². The first-order chi connectivity index (χ1) is 7.75. The highest BCUT2D eigenvalue weighted by Gasteiger charge is 2.17. The largest absolute Gasteiger partial charge is 0.508 e. The van der Waals surface area contributed by atoms with Gasteiger partial charge in [0.05, 0.1) is 6.10 Å². The zero-order valence-electron chi connectivity index (χ0n) is 9.60. The number of hydrogen-bond acceptors (Lipinski definition) is 2. The fourth-order valence-corrected chi connectivity index (χ4v) is 2.56. The average molecular weight is 220 g/mol. The van der Waals surface area contributed by atoms with Crippen LogP contribution in [0, 0.1) is 5.92 Å². The number of aliphatic hydroxyl groups is 1. The lowest BCUT2D eigenvalue weighted by Gasteiger charge is -2.14. The van der Waals surface area contributed by atoms with E-state index in [4.69, 9.17) is 5.11 Å². The minimum absolute atomic E-state index is 0.256. The Morgan fingerprint density at radius 1 is 1.12 bits per heavy atom. The van der Waals surface area contributed by atoms with E-state index in [1.165, 1.54) is 25.7 Å². The van der Waals surface area contributed by atoms with E-state index < -0.39 is 0 Å². The Morgan fingerprint density at radius 3 is 2.38 bits per heavy atom. The maximum Gasteiger partial charge on any atom is 0.115 e. The molecule has 1 aromatic carbocycles. The molecule has 1 aliphatic rings. The predicted molar refractivity (Wildman–Crippen MR) is 64.3 cm³/mol. The van der Waals surface area contributed by atoms with Crippen molar-refractivity contribution in [3.05, 3.63) is 29.8 Å². The molecular formula is C14H20O2. The number of phenolic OH excluding ortho intramolecular Hbond substituents is 1. The van der Waals surface area contributed by atoms with E-state index in [0.29, 0.717) is 0 Å². The standard InChI is InChI=1S/C14H20O2/c15-13-8-6-12(7-9-13)14(16)10-5-11-3-1-2-4-11/h6-9,11,14-16H,1-5,10H2. The first-order valence-corrected chi connectivity index (χ1v) is 6.22. The van der Waals surface area contributed by atoms with Crippen LogP contribution in [0.25, 0.3) is 0 Å². The van der Waals surface area contributed by atoms with E-state index in [1.54, 1.807) is 24.3 Å². The average Bonchev–Trinajstić information content (AvgIpc) is 2.80. The summed E-state index contributed by atoms with van der Waals surface area (Å²) >= 11 is 0. The van der Waals surface area contributed by atoms with Gasteiger partial charge in [-0.1, -0.05) is 37.8 Å². The molecule has 1 fully saturated rings. The van der Waals surface area contributed by atoms with Gasteiger partial charge in [-0.25, -0.2) is 0 Å². The van der Waals surface area contributed by atoms with Crippen molar-refractivity contribution in [1.29, 1.82) is 0 Å². The summed E-state index contributed by atoms with van der Waals surface area (Å²) in [6, 6.07) is 6.87. The minimum atomic E-state index is -0.374. The summed E-state index contributed by atoms with van der Waals surface area (Å²) in [4.78, 5) is 0. The second-order valence-electron chi connectivity index (χ2n) is 4.84. The second kappa shape index (κ2) is 5.35. The Balaban J connectivity index is 1.82. The summed E-state index contributed by atoms with van der Waals surface area (Å²) < 4.78 is 0. The molecule has 2 N–H and O–H groups in total. The normalized spacial score (nSPS) is 18.8. The van der Waals surface area contributed by atoms with Crippen LogP contribution < -0.4 is 0 Å². The first kappa shape index (κ1) is 11.5. The van der Waals surface area contributed by atoms with Crippen LogP contribution in [0.4, 0.5) is 0 Å². The monoisotopic (exact) mass is 220 g/mol. The van der Waals surface area contributed by atoms with Crippen molar-refractivity contribution in [1.82, 2.24) is 0 Å². The molecule has 2 rings (SSSR count). The molecule has 1 aromatic rings. The van der Waals surface area contributed by atoms with Crippen LogP contribution in [0.5, 0.6) is 5.75 Å². The van der Waals surface area contributed by atoms with Crippen LogP contribution in [0.15, 0.2) is 24.3 Å². The van der Waals surface area contributed by atoms with Gasteiger partial charge in [-0.2, -0.15) is 0 Å². The van der Waals surface area contributed by atoms with Crippen LogP contribution in [-0.4, -0.2) is 10.2 Å². The van der Waals surface area contributed by atoms with Gasteiger partial charge in [-0.15, -0.1) is 0 Å². The summed E-state index contributed by atoms with van der Waals surface area (Å²) in [7, 11) is 0. The molecule has 88 valence electrons. The van der Waals surface area contributed by atoms with E-state index in [2.05, 4.69) is 0 Å². The molecule has 0 aromatic heterocycles. The molecular weight excluding hydrogens is 200 g/mol. The zero-order chi connectivity index (χ0) is 11.4. The van der Waals surface area contributed by atoms with Crippen molar-refractivity contribution in [2.45, 2.75) is 44.6 Å². The quantitative estimate of drug-likeness (QED) is 0.816. The molecule has 1 unspecified atom stereocenters. The molecule has 0 heterocycles. The summed E-state index contributed by atoms with van der Waals surface area (Å²) in [6.07, 6.45) is 6.99. The lowest BCUT2D eigenvalue weighted by atomic mass is 9.96. The van der Waals surface area contributed by atoms with Crippen LogP contribution in [0.2, 0.25) is 0 Å². The molecule has 1 atom stereocenters. The molecule has 0 saturated heterocycles. The van der Waals surface area contributed by atoms with Gasteiger partial charge < -0.3 is 10.2 Å². The van der Waals surface area contributed by atoms with Crippen molar-refractivity contribution in [3.63, 3.8) is 0 Å². The van der Waals surface area contributed by atoms with Gasteiger partial charge in [-0.05, 0) is 36.5 Å². The smallest absolute Gasteiger partial charge is 0.115 e. The summed E-state index contributed by atoms with van der Waals surface area (Å²) in [5.41, 5.74) is 0.913. The number of aromatic hydroxyl groups is 1. The molecule has 0 aliphatic heterocycles. The number of hydrogen-bond donors (Lipinski definition) is 2. The van der Waals surface area contributed by atoms with Gasteiger partial charge >= 0.3 is 0 Å². The van der Waals surface area contributed by atoms with E-state index in [1.807, 2.05) is 0 Å². The molecule has 2 nitrogen and oxygen atoms in total. The lowest BCUT2D eigenvalue weighted by Crippen LogP contribution is -2.01. The van der Waals surface area contributed by atoms with Crippen molar-refractivity contribution in [2.75, 3.05) is 0 Å². The fourth-order valence-electron chi connectivity index (χ4n) is 2.56. The molecule has 0 spiro atoms. The second-order valence-corrected chi connectivity index (χ2v) is 4.84. The predicted octanol–water partition coefficient (Wildman–Crippen LogP) is 3.40. The van der Waals surface area contributed by atoms with Crippen molar-refractivity contribution < 1.29 is 10.2 Å². The van der Waals surface area contributed by atoms with Crippen LogP contribution in [0.3, 0.4) is 0 Å². The Labute approximate surface area is 96.9 Å². The van der Waals surface area contributed by atoms with Gasteiger partial charge in [0, 0.05) is 0 Å². The van der Waals surface area contributed by atoms with Crippen molar-refractivity contribution >= 4 is 0 Å². The Hall–Kier alpha value is -1.02. The Kier molecular flexibility index (Phi) is 3.83. The maximum absolute atomic E-state index is 9.99. The summed E-state index contributed by atoms with van der Waals surface area (Å²) in [5, 5.41) is 19.1. The van der Waals surface area contributed by atoms with Crippen molar-refractivity contribution in [2.24, 2.45) is 5.92 Å². The van der Waals surface area contributed by atoms with Crippen LogP contribution >= 0.6 is 0 Å². The summed E-state index contributed by atoms with van der Waals surface area (Å²) in [6.45, 7) is 0. The first-order valence-electron chi connectivity index (χ1n) is 6.22. The van der Waals surface area contributed by atoms with E-state index >= 15 is 0 Å². The maximum atomic E-state index is 9.99. The number of benzene rings is 1. The highest BCUT2D eigenvalue weighted by atomic mass is 16.3. The zero-order valence-corrected chi connectivity index (χ0v) is 9.60. The molecule has 1 saturated carbocycles. The van der Waals surface area contributed by atoms with E-state index in [0.717, 1.165) is 24.3 Å². The number of phenols is 1. The fraction of sp³-hybridized carbons (Fsp3) is 0.571. The lowest BCUT2D eigenvalue weighted by molar-refractivity contribution is 0.157. The third-order valence-corrected chi connectivity index (χ3v) is 3.60. The molecule has 2 heteroatoms. The SMILES string of the molecule is Oc1ccc(C(O)CCC2CCCC2)cc1. The van der Waals surface area contributed by atoms with E-state index in [9.17, 15) is 5.11 Å². The number of aliphatic hydroxyl groups excluding tert-OH is 1. The highest BCUT2D eigenvalue weighted by molar-refractivity contribution is 5.27. The molecule has 0 amide bonds. The Morgan fingerprint density at radius 2 is 1.75 bits per heavy atom. The Bertz CT molecular complexity index is 312. The third-order valence-electron chi connectivity index (χ3n) is 3.60. The highest BCUT2D eigenvalue weighted by Crippen LogP contribution is 2.31. The van der Waals surface area contributed by atoms with Crippen LogP contribution in [-0.2, 0) is 0 Å². The number of rotatable bonds is 4. The van der Waals surface area contributed by atoms with Gasteiger partial charge in [0.25, 0.3) is 0 Å². The molecule has 1 aliphatic carbocycles. The molecule has 0 bridgehead atoms.